The molecule has 1 aromatic carbocycles. The molecule has 1 fully saturated rings. The number of carbonyl (C=O) groups excluding carboxylic acids is 1. The van der Waals surface area contributed by atoms with E-state index in [0.717, 1.165) is 10.9 Å². The highest BCUT2D eigenvalue weighted by Gasteiger charge is 2.30. The molecule has 6 nitrogen and oxygen atoms in total. The number of nitrogens with one attached hydrogen (secondary N) is 1. The van der Waals surface area contributed by atoms with Crippen molar-refractivity contribution in [2.45, 2.75) is 31.7 Å². The van der Waals surface area contributed by atoms with Crippen LogP contribution in [0, 0.1) is 5.92 Å². The Morgan fingerprint density at radius 1 is 1.39 bits per heavy atom. The number of aliphatic carboxylic acids is 1. The van der Waals surface area contributed by atoms with Crippen molar-refractivity contribution in [3.63, 3.8) is 0 Å². The number of amides is 1. The van der Waals surface area contributed by atoms with Crippen LogP contribution in [-0.4, -0.2) is 30.1 Å². The van der Waals surface area contributed by atoms with Crippen molar-refractivity contribution in [1.82, 2.24) is 5.32 Å². The molecular weight excluding hydrogens is 298 g/mol. The monoisotopic (exact) mass is 317 g/mol. The number of hydrogen-bond acceptors (Lipinski definition) is 4. The van der Waals surface area contributed by atoms with Gasteiger partial charge in [-0.05, 0) is 31.4 Å². The summed E-state index contributed by atoms with van der Waals surface area (Å²) >= 11 is 0. The van der Waals surface area contributed by atoms with Gasteiger partial charge in [0.05, 0.1) is 25.7 Å². The lowest BCUT2D eigenvalue weighted by atomic mass is 10.1. The van der Waals surface area contributed by atoms with Crippen molar-refractivity contribution in [3.05, 3.63) is 30.0 Å². The van der Waals surface area contributed by atoms with Gasteiger partial charge in [0.15, 0.2) is 0 Å². The predicted octanol–water partition coefficient (Wildman–Crippen LogP) is 2.35. The van der Waals surface area contributed by atoms with Crippen molar-refractivity contribution < 1.29 is 23.8 Å². The number of carbonyl (C=O) groups is 2. The van der Waals surface area contributed by atoms with Gasteiger partial charge in [0.2, 0.25) is 5.91 Å². The fourth-order valence-electron chi connectivity index (χ4n) is 3.12. The smallest absolute Gasteiger partial charge is 0.306 e. The second-order valence-electron chi connectivity index (χ2n) is 5.91. The van der Waals surface area contributed by atoms with E-state index in [9.17, 15) is 9.59 Å². The zero-order valence-electron chi connectivity index (χ0n) is 12.9. The zero-order valence-corrected chi connectivity index (χ0v) is 12.9. The van der Waals surface area contributed by atoms with Crippen LogP contribution in [0.3, 0.4) is 0 Å². The normalized spacial score (nSPS) is 20.6. The van der Waals surface area contributed by atoms with Crippen molar-refractivity contribution in [1.29, 1.82) is 0 Å². The number of furan rings is 1. The van der Waals surface area contributed by atoms with Gasteiger partial charge in [-0.25, -0.2) is 0 Å². The topological polar surface area (TPSA) is 88.8 Å². The van der Waals surface area contributed by atoms with E-state index in [-0.39, 0.29) is 24.3 Å². The van der Waals surface area contributed by atoms with Gasteiger partial charge in [-0.1, -0.05) is 0 Å². The van der Waals surface area contributed by atoms with E-state index in [0.29, 0.717) is 30.6 Å². The van der Waals surface area contributed by atoms with Crippen molar-refractivity contribution in [3.8, 4) is 5.75 Å². The summed E-state index contributed by atoms with van der Waals surface area (Å²) in [6.45, 7) is 0. The Kier molecular flexibility index (Phi) is 4.23. The summed E-state index contributed by atoms with van der Waals surface area (Å²) in [6.07, 6.45) is 3.64. The van der Waals surface area contributed by atoms with Crippen LogP contribution in [0.2, 0.25) is 0 Å². The van der Waals surface area contributed by atoms with Gasteiger partial charge in [-0.15, -0.1) is 0 Å². The first-order valence-corrected chi connectivity index (χ1v) is 7.63. The summed E-state index contributed by atoms with van der Waals surface area (Å²) in [5.74, 6) is -0.535. The Hall–Kier alpha value is -2.50. The number of methoxy groups -OCH3 is 1. The van der Waals surface area contributed by atoms with E-state index < -0.39 is 5.97 Å². The van der Waals surface area contributed by atoms with Gasteiger partial charge in [0.25, 0.3) is 0 Å². The van der Waals surface area contributed by atoms with E-state index >= 15 is 0 Å². The van der Waals surface area contributed by atoms with Gasteiger partial charge in [0.1, 0.15) is 11.3 Å². The highest BCUT2D eigenvalue weighted by molar-refractivity contribution is 5.88. The number of ether oxygens (including phenoxy) is 1. The maximum absolute atomic E-state index is 12.2. The summed E-state index contributed by atoms with van der Waals surface area (Å²) < 4.78 is 10.6. The molecular formula is C17H19NO5. The minimum Gasteiger partial charge on any atom is -0.497 e. The minimum atomic E-state index is -0.781. The number of hydrogen-bond donors (Lipinski definition) is 2. The summed E-state index contributed by atoms with van der Waals surface area (Å²) in [7, 11) is 1.59. The number of fused-ring (bicyclic) bond motifs is 1. The largest absolute Gasteiger partial charge is 0.497 e. The molecule has 1 aromatic heterocycles. The molecule has 0 aliphatic heterocycles. The summed E-state index contributed by atoms with van der Waals surface area (Å²) in [5, 5.41) is 12.8. The van der Waals surface area contributed by atoms with Gasteiger partial charge < -0.3 is 19.6 Å². The third kappa shape index (κ3) is 3.31. The molecule has 3 rings (SSSR count). The molecule has 1 heterocycles. The highest BCUT2D eigenvalue weighted by atomic mass is 16.5. The van der Waals surface area contributed by atoms with E-state index in [1.807, 2.05) is 12.1 Å². The van der Waals surface area contributed by atoms with E-state index in [4.69, 9.17) is 14.3 Å². The van der Waals surface area contributed by atoms with Crippen molar-refractivity contribution in [2.24, 2.45) is 5.92 Å². The van der Waals surface area contributed by atoms with E-state index in [2.05, 4.69) is 5.32 Å². The maximum atomic E-state index is 12.2. The van der Waals surface area contributed by atoms with E-state index in [1.54, 1.807) is 19.4 Å². The summed E-state index contributed by atoms with van der Waals surface area (Å²) in [4.78, 5) is 23.1. The van der Waals surface area contributed by atoms with Crippen LogP contribution in [0.25, 0.3) is 11.0 Å². The number of benzene rings is 1. The first kappa shape index (κ1) is 15.4. The molecule has 0 saturated heterocycles. The van der Waals surface area contributed by atoms with Crippen molar-refractivity contribution in [2.75, 3.05) is 7.11 Å². The van der Waals surface area contributed by atoms with Gasteiger partial charge in [0, 0.05) is 23.1 Å². The first-order chi connectivity index (χ1) is 11.1. The third-order valence-electron chi connectivity index (χ3n) is 4.36. The molecule has 2 N–H and O–H groups in total. The Balaban J connectivity index is 1.63. The molecule has 2 atom stereocenters. The van der Waals surface area contributed by atoms with Crippen LogP contribution < -0.4 is 10.1 Å². The first-order valence-electron chi connectivity index (χ1n) is 7.63. The molecule has 1 aliphatic carbocycles. The highest BCUT2D eigenvalue weighted by Crippen LogP contribution is 2.27. The molecule has 23 heavy (non-hydrogen) atoms. The quantitative estimate of drug-likeness (QED) is 0.883. The molecule has 1 saturated carbocycles. The molecule has 1 aliphatic rings. The van der Waals surface area contributed by atoms with Crippen LogP contribution in [0.5, 0.6) is 5.75 Å². The molecule has 122 valence electrons. The fraction of sp³-hybridized carbons (Fsp3) is 0.412. The lowest BCUT2D eigenvalue weighted by molar-refractivity contribution is -0.141. The van der Waals surface area contributed by atoms with Crippen LogP contribution in [-0.2, 0) is 16.0 Å². The van der Waals surface area contributed by atoms with Crippen molar-refractivity contribution >= 4 is 22.8 Å². The SMILES string of the molecule is COc1ccc2c(CC(=O)N[C@H]3CC[C@@H](C(=O)O)C3)coc2c1. The molecule has 0 bridgehead atoms. The Morgan fingerprint density at radius 2 is 2.22 bits per heavy atom. The third-order valence-corrected chi connectivity index (χ3v) is 4.36. The second-order valence-corrected chi connectivity index (χ2v) is 5.91. The average Bonchev–Trinajstić information content (AvgIpc) is 3.14. The molecule has 6 heteroatoms. The Labute approximate surface area is 133 Å². The van der Waals surface area contributed by atoms with Crippen LogP contribution in [0.4, 0.5) is 0 Å². The summed E-state index contributed by atoms with van der Waals surface area (Å²) in [6, 6.07) is 5.43. The minimum absolute atomic E-state index is 0.0538. The maximum Gasteiger partial charge on any atom is 0.306 e. The van der Waals surface area contributed by atoms with Gasteiger partial charge >= 0.3 is 5.97 Å². The molecule has 1 amide bonds. The van der Waals surface area contributed by atoms with E-state index in [1.165, 1.54) is 0 Å². The standard InChI is InChI=1S/C17H19NO5/c1-22-13-4-5-14-11(9-23-15(14)8-13)7-16(19)18-12-3-2-10(6-12)17(20)21/h4-5,8-10,12H,2-3,6-7H2,1H3,(H,18,19)(H,20,21)/t10-,12+/m1/s1. The predicted molar refractivity (Wildman–Crippen MR) is 83.4 cm³/mol. The van der Waals surface area contributed by atoms with Crippen LogP contribution >= 0.6 is 0 Å². The Bertz CT molecular complexity index is 736. The average molecular weight is 317 g/mol. The molecule has 2 aromatic rings. The molecule has 0 radical (unpaired) electrons. The lowest BCUT2D eigenvalue weighted by Gasteiger charge is -2.12. The zero-order chi connectivity index (χ0) is 16.4. The summed E-state index contributed by atoms with van der Waals surface area (Å²) in [5.41, 5.74) is 1.49. The number of rotatable bonds is 5. The molecule has 0 unspecified atom stereocenters. The van der Waals surface area contributed by atoms with Crippen LogP contribution in [0.1, 0.15) is 24.8 Å². The fourth-order valence-corrected chi connectivity index (χ4v) is 3.12. The van der Waals surface area contributed by atoms with Crippen LogP contribution in [0.15, 0.2) is 28.9 Å². The second kappa shape index (κ2) is 6.32. The van der Waals surface area contributed by atoms with Gasteiger partial charge in [-0.3, -0.25) is 9.59 Å². The number of carboxylic acid groups (broad SMARTS) is 1. The van der Waals surface area contributed by atoms with Gasteiger partial charge in [-0.2, -0.15) is 0 Å². The lowest BCUT2D eigenvalue weighted by Crippen LogP contribution is -2.34. The number of carboxylic acids is 1. The molecule has 0 spiro atoms. The Morgan fingerprint density at radius 3 is 2.91 bits per heavy atom.